The first-order valence-electron chi connectivity index (χ1n) is 12.3. The van der Waals surface area contributed by atoms with Crippen LogP contribution in [0.4, 0.5) is 5.69 Å². The molecule has 6 heteroatoms. The van der Waals surface area contributed by atoms with E-state index in [1.165, 1.54) is 5.56 Å². The molecule has 5 nitrogen and oxygen atoms in total. The molecule has 0 amide bonds. The lowest BCUT2D eigenvalue weighted by atomic mass is 9.86. The molecule has 0 saturated carbocycles. The van der Waals surface area contributed by atoms with Gasteiger partial charge in [-0.3, -0.25) is 4.79 Å². The van der Waals surface area contributed by atoms with Gasteiger partial charge in [-0.2, -0.15) is 0 Å². The van der Waals surface area contributed by atoms with Gasteiger partial charge in [0.1, 0.15) is 0 Å². The summed E-state index contributed by atoms with van der Waals surface area (Å²) in [5.74, 6) is 1.42. The largest absolute Gasteiger partial charge is 0.490 e. The molecule has 3 aromatic carbocycles. The number of carbonyl (C=O) groups excluding carboxylic acids is 1. The Morgan fingerprint density at radius 1 is 0.889 bits per heavy atom. The number of ether oxygens (including phenoxy) is 2. The summed E-state index contributed by atoms with van der Waals surface area (Å²) in [5, 5.41) is 6.97. The maximum Gasteiger partial charge on any atom is 0.193 e. The molecule has 0 aliphatic heterocycles. The quantitative estimate of drug-likeness (QED) is 0.240. The minimum Gasteiger partial charge on any atom is -0.490 e. The predicted molar refractivity (Wildman–Crippen MR) is 152 cm³/mol. The smallest absolute Gasteiger partial charge is 0.193 e. The molecule has 0 heterocycles. The van der Waals surface area contributed by atoms with Crippen LogP contribution in [0.2, 0.25) is 0 Å². The van der Waals surface area contributed by atoms with Crippen molar-refractivity contribution in [3.05, 3.63) is 89.0 Å². The Morgan fingerprint density at radius 2 is 1.56 bits per heavy atom. The number of benzene rings is 3. The van der Waals surface area contributed by atoms with E-state index in [1.807, 2.05) is 87.5 Å². The van der Waals surface area contributed by atoms with Crippen LogP contribution in [0.5, 0.6) is 11.5 Å². The Hall–Kier alpha value is -3.38. The van der Waals surface area contributed by atoms with Crippen LogP contribution >= 0.6 is 12.2 Å². The lowest BCUT2D eigenvalue weighted by molar-refractivity contribution is 0.103. The number of anilines is 1. The molecule has 0 fully saturated rings. The highest BCUT2D eigenvalue weighted by molar-refractivity contribution is 7.80. The van der Waals surface area contributed by atoms with Gasteiger partial charge in [-0.15, -0.1) is 0 Å². The fourth-order valence-electron chi connectivity index (χ4n) is 3.81. The Bertz CT molecular complexity index is 1200. The highest BCUT2D eigenvalue weighted by Crippen LogP contribution is 2.31. The van der Waals surface area contributed by atoms with Crippen LogP contribution in [-0.4, -0.2) is 24.1 Å². The number of ketones is 1. The number of rotatable bonds is 9. The Labute approximate surface area is 220 Å². The normalized spacial score (nSPS) is 11.9. The first-order valence-corrected chi connectivity index (χ1v) is 12.8. The summed E-state index contributed by atoms with van der Waals surface area (Å²) in [6.45, 7) is 13.5. The van der Waals surface area contributed by atoms with Gasteiger partial charge in [0.2, 0.25) is 0 Å². The van der Waals surface area contributed by atoms with E-state index in [-0.39, 0.29) is 17.2 Å². The van der Waals surface area contributed by atoms with E-state index in [1.54, 1.807) is 0 Å². The minimum absolute atomic E-state index is 0.0239. The zero-order valence-corrected chi connectivity index (χ0v) is 22.8. The molecule has 190 valence electrons. The summed E-state index contributed by atoms with van der Waals surface area (Å²) < 4.78 is 11.4. The SMILES string of the molecule is CCOc1ccc([C@H](C)NC(=S)Nc2cccc(C(=O)c3ccc(C(C)(C)C)cc3)c2)cc1OCC. The van der Waals surface area contributed by atoms with Crippen LogP contribution in [-0.2, 0) is 5.41 Å². The van der Waals surface area contributed by atoms with Gasteiger partial charge in [0.15, 0.2) is 22.4 Å². The number of hydrogen-bond donors (Lipinski definition) is 2. The van der Waals surface area contributed by atoms with Crippen LogP contribution in [0.1, 0.15) is 74.6 Å². The molecular formula is C30H36N2O3S. The molecule has 3 rings (SSSR count). The topological polar surface area (TPSA) is 59.6 Å². The van der Waals surface area contributed by atoms with E-state index < -0.39 is 0 Å². The van der Waals surface area contributed by atoms with Crippen molar-refractivity contribution in [2.24, 2.45) is 0 Å². The summed E-state index contributed by atoms with van der Waals surface area (Å²) in [4.78, 5) is 13.1. The Balaban J connectivity index is 1.67. The van der Waals surface area contributed by atoms with E-state index >= 15 is 0 Å². The predicted octanol–water partition coefficient (Wildman–Crippen LogP) is 7.06. The molecule has 3 aromatic rings. The molecule has 1 atom stereocenters. The molecule has 0 saturated heterocycles. The van der Waals surface area contributed by atoms with Crippen molar-refractivity contribution in [2.75, 3.05) is 18.5 Å². The molecule has 0 radical (unpaired) electrons. The number of thiocarbonyl (C=S) groups is 1. The third kappa shape index (κ3) is 7.08. The van der Waals surface area contributed by atoms with Crippen LogP contribution in [0.25, 0.3) is 0 Å². The van der Waals surface area contributed by atoms with E-state index in [9.17, 15) is 4.79 Å². The van der Waals surface area contributed by atoms with Gasteiger partial charge in [0.05, 0.1) is 19.3 Å². The van der Waals surface area contributed by atoms with Crippen LogP contribution in [0.15, 0.2) is 66.7 Å². The van der Waals surface area contributed by atoms with Crippen LogP contribution in [0.3, 0.4) is 0 Å². The molecule has 0 spiro atoms. The number of nitrogens with one attached hydrogen (secondary N) is 2. The summed E-state index contributed by atoms with van der Waals surface area (Å²) >= 11 is 5.55. The van der Waals surface area contributed by atoms with Gasteiger partial charge >= 0.3 is 0 Å². The maximum atomic E-state index is 13.1. The van der Waals surface area contributed by atoms with E-state index in [2.05, 4.69) is 31.4 Å². The molecule has 0 aliphatic rings. The summed E-state index contributed by atoms with van der Waals surface area (Å²) in [6.07, 6.45) is 0. The fourth-order valence-corrected chi connectivity index (χ4v) is 4.11. The average Bonchev–Trinajstić information content (AvgIpc) is 2.84. The second-order valence-corrected chi connectivity index (χ2v) is 10.0. The summed E-state index contributed by atoms with van der Waals surface area (Å²) in [7, 11) is 0. The van der Waals surface area contributed by atoms with E-state index in [0.29, 0.717) is 35.2 Å². The molecule has 36 heavy (non-hydrogen) atoms. The van der Waals surface area contributed by atoms with Crippen molar-refractivity contribution in [3.63, 3.8) is 0 Å². The van der Waals surface area contributed by atoms with E-state index in [4.69, 9.17) is 21.7 Å². The molecule has 2 N–H and O–H groups in total. The monoisotopic (exact) mass is 504 g/mol. The first kappa shape index (κ1) is 27.2. The third-order valence-corrected chi connectivity index (χ3v) is 6.03. The third-order valence-electron chi connectivity index (χ3n) is 5.81. The zero-order chi connectivity index (χ0) is 26.3. The minimum atomic E-state index is -0.0639. The van der Waals surface area contributed by atoms with Crippen molar-refractivity contribution < 1.29 is 14.3 Å². The van der Waals surface area contributed by atoms with Gasteiger partial charge in [0, 0.05) is 16.8 Å². The molecule has 0 unspecified atom stereocenters. The highest BCUT2D eigenvalue weighted by Gasteiger charge is 2.16. The van der Waals surface area contributed by atoms with Crippen molar-refractivity contribution in [1.29, 1.82) is 0 Å². The van der Waals surface area contributed by atoms with Gasteiger partial charge in [-0.05, 0) is 73.8 Å². The lowest BCUT2D eigenvalue weighted by Gasteiger charge is -2.20. The molecular weight excluding hydrogens is 468 g/mol. The Kier molecular flexibility index (Phi) is 9.10. The average molecular weight is 505 g/mol. The highest BCUT2D eigenvalue weighted by atomic mass is 32.1. The van der Waals surface area contributed by atoms with Crippen molar-refractivity contribution in [3.8, 4) is 11.5 Å². The summed E-state index contributed by atoms with van der Waals surface area (Å²) in [5.41, 5.74) is 4.27. The van der Waals surface area contributed by atoms with Crippen molar-refractivity contribution in [2.45, 2.75) is 53.0 Å². The van der Waals surface area contributed by atoms with Crippen molar-refractivity contribution in [1.82, 2.24) is 5.32 Å². The van der Waals surface area contributed by atoms with Crippen LogP contribution in [0, 0.1) is 0 Å². The number of hydrogen-bond acceptors (Lipinski definition) is 4. The molecule has 0 aromatic heterocycles. The maximum absolute atomic E-state index is 13.1. The standard InChI is InChI=1S/C30H36N2O3S/c1-7-34-26-17-14-22(19-27(26)35-8-2)20(3)31-29(36)32-25-11-9-10-23(18-25)28(33)21-12-15-24(16-13-21)30(4,5)6/h9-20H,7-8H2,1-6H3,(H2,31,32,36)/t20-/m0/s1. The molecule has 0 bridgehead atoms. The fraction of sp³-hybridized carbons (Fsp3) is 0.333. The van der Waals surface area contributed by atoms with E-state index in [0.717, 1.165) is 17.0 Å². The molecule has 0 aliphatic carbocycles. The second-order valence-electron chi connectivity index (χ2n) is 9.63. The van der Waals surface area contributed by atoms with Gasteiger partial charge in [-0.1, -0.05) is 63.2 Å². The zero-order valence-electron chi connectivity index (χ0n) is 22.0. The first-order chi connectivity index (χ1) is 17.1. The lowest BCUT2D eigenvalue weighted by Crippen LogP contribution is -2.31. The van der Waals surface area contributed by atoms with Crippen molar-refractivity contribution >= 4 is 28.8 Å². The summed E-state index contributed by atoms with van der Waals surface area (Å²) in [6, 6.07) is 21.0. The van der Waals surface area contributed by atoms with Gasteiger partial charge in [0.25, 0.3) is 0 Å². The Morgan fingerprint density at radius 3 is 2.19 bits per heavy atom. The van der Waals surface area contributed by atoms with Gasteiger partial charge in [-0.25, -0.2) is 0 Å². The van der Waals surface area contributed by atoms with Crippen LogP contribution < -0.4 is 20.1 Å². The van der Waals surface area contributed by atoms with Gasteiger partial charge < -0.3 is 20.1 Å². The number of carbonyl (C=O) groups is 1. The second kappa shape index (κ2) is 12.0.